The van der Waals surface area contributed by atoms with Crippen molar-refractivity contribution in [2.24, 2.45) is 11.7 Å². The molecule has 1 heterocycles. The van der Waals surface area contributed by atoms with E-state index in [1.807, 2.05) is 25.7 Å². The van der Waals surface area contributed by atoms with Crippen molar-refractivity contribution in [1.82, 2.24) is 9.97 Å². The van der Waals surface area contributed by atoms with E-state index in [9.17, 15) is 4.79 Å². The molecule has 4 N–H and O–H groups in total. The molecule has 0 aromatic carbocycles. The van der Waals surface area contributed by atoms with E-state index in [2.05, 4.69) is 23.8 Å². The minimum atomic E-state index is -0.381. The summed E-state index contributed by atoms with van der Waals surface area (Å²) in [5, 5.41) is 0. The molecule has 6 nitrogen and oxygen atoms in total. The Morgan fingerprint density at radius 1 is 1.25 bits per heavy atom. The largest absolute Gasteiger partial charge is 0.383 e. The highest BCUT2D eigenvalue weighted by Gasteiger charge is 2.19. The van der Waals surface area contributed by atoms with Gasteiger partial charge in [-0.3, -0.25) is 4.79 Å². The Morgan fingerprint density at radius 2 is 1.85 bits per heavy atom. The van der Waals surface area contributed by atoms with Crippen LogP contribution in [0.5, 0.6) is 0 Å². The van der Waals surface area contributed by atoms with E-state index in [-0.39, 0.29) is 18.4 Å². The molecule has 0 aliphatic rings. The van der Waals surface area contributed by atoms with Gasteiger partial charge in [0.05, 0.1) is 6.54 Å². The monoisotopic (exact) mass is 279 g/mol. The maximum absolute atomic E-state index is 11.3. The van der Waals surface area contributed by atoms with Crippen molar-refractivity contribution in [3.05, 3.63) is 11.4 Å². The Bertz CT molecular complexity index is 485. The Balaban J connectivity index is 3.26. The number of carbonyl (C=O) groups excluding carboxylic acids is 1. The standard InChI is InChI=1S/C14H25N5O/c1-8(2)6-19(7-11(15)20)14-10(5)12(16)17-13(18-14)9(3)4/h8-9H,6-7H2,1-5H3,(H2,15,20)(H2,16,17,18). The first-order chi connectivity index (χ1) is 9.22. The molecule has 20 heavy (non-hydrogen) atoms. The van der Waals surface area contributed by atoms with Gasteiger partial charge in [0.2, 0.25) is 5.91 Å². The Kier molecular flexibility index (Phi) is 5.30. The molecule has 0 fully saturated rings. The summed E-state index contributed by atoms with van der Waals surface area (Å²) in [6.45, 7) is 10.9. The highest BCUT2D eigenvalue weighted by Crippen LogP contribution is 2.24. The lowest BCUT2D eigenvalue weighted by atomic mass is 10.1. The maximum atomic E-state index is 11.3. The van der Waals surface area contributed by atoms with Crippen molar-refractivity contribution in [2.75, 3.05) is 23.7 Å². The smallest absolute Gasteiger partial charge is 0.236 e. The number of primary amides is 1. The van der Waals surface area contributed by atoms with E-state index >= 15 is 0 Å². The highest BCUT2D eigenvalue weighted by molar-refractivity contribution is 5.79. The number of carbonyl (C=O) groups is 1. The van der Waals surface area contributed by atoms with Crippen LogP contribution in [0.1, 0.15) is 45.0 Å². The van der Waals surface area contributed by atoms with Gasteiger partial charge in [-0.15, -0.1) is 0 Å². The first kappa shape index (κ1) is 16.2. The average Bonchev–Trinajstić information content (AvgIpc) is 2.30. The zero-order valence-corrected chi connectivity index (χ0v) is 13.0. The number of rotatable bonds is 6. The fourth-order valence-corrected chi connectivity index (χ4v) is 1.96. The van der Waals surface area contributed by atoms with Gasteiger partial charge in [0.1, 0.15) is 17.5 Å². The topological polar surface area (TPSA) is 98.1 Å². The number of amides is 1. The van der Waals surface area contributed by atoms with Crippen LogP contribution in [0, 0.1) is 12.8 Å². The van der Waals surface area contributed by atoms with Crippen LogP contribution >= 0.6 is 0 Å². The summed E-state index contributed by atoms with van der Waals surface area (Å²) in [4.78, 5) is 22.0. The molecule has 1 rings (SSSR count). The third-order valence-corrected chi connectivity index (χ3v) is 2.92. The van der Waals surface area contributed by atoms with E-state index in [0.29, 0.717) is 29.9 Å². The molecule has 0 unspecified atom stereocenters. The van der Waals surface area contributed by atoms with Gasteiger partial charge in [-0.1, -0.05) is 27.7 Å². The molecule has 0 saturated carbocycles. The number of anilines is 2. The second-order valence-electron chi connectivity index (χ2n) is 5.81. The fraction of sp³-hybridized carbons (Fsp3) is 0.643. The van der Waals surface area contributed by atoms with E-state index in [1.54, 1.807) is 0 Å². The van der Waals surface area contributed by atoms with Crippen molar-refractivity contribution < 1.29 is 4.79 Å². The lowest BCUT2D eigenvalue weighted by Crippen LogP contribution is -2.37. The first-order valence-corrected chi connectivity index (χ1v) is 6.89. The van der Waals surface area contributed by atoms with E-state index in [4.69, 9.17) is 11.5 Å². The molecular weight excluding hydrogens is 254 g/mol. The summed E-state index contributed by atoms with van der Waals surface area (Å²) in [5.41, 5.74) is 12.1. The summed E-state index contributed by atoms with van der Waals surface area (Å²) in [7, 11) is 0. The Labute approximate surface area is 120 Å². The van der Waals surface area contributed by atoms with Crippen LogP contribution in [-0.4, -0.2) is 29.0 Å². The lowest BCUT2D eigenvalue weighted by Gasteiger charge is -2.26. The zero-order valence-electron chi connectivity index (χ0n) is 13.0. The van der Waals surface area contributed by atoms with Gasteiger partial charge < -0.3 is 16.4 Å². The summed E-state index contributed by atoms with van der Waals surface area (Å²) in [6.07, 6.45) is 0. The molecule has 6 heteroatoms. The van der Waals surface area contributed by atoms with Crippen LogP contribution < -0.4 is 16.4 Å². The first-order valence-electron chi connectivity index (χ1n) is 6.89. The van der Waals surface area contributed by atoms with Crippen molar-refractivity contribution >= 4 is 17.5 Å². The Hall–Kier alpha value is -1.85. The van der Waals surface area contributed by atoms with Crippen LogP contribution in [0.4, 0.5) is 11.6 Å². The molecule has 0 saturated heterocycles. The van der Waals surface area contributed by atoms with E-state index in [0.717, 1.165) is 5.56 Å². The molecule has 0 aliphatic heterocycles. The number of nitrogens with zero attached hydrogens (tertiary/aromatic N) is 3. The normalized spacial score (nSPS) is 11.2. The summed E-state index contributed by atoms with van der Waals surface area (Å²) >= 11 is 0. The predicted molar refractivity (Wildman–Crippen MR) is 81.5 cm³/mol. The van der Waals surface area contributed by atoms with Gasteiger partial charge in [-0.25, -0.2) is 9.97 Å². The summed E-state index contributed by atoms with van der Waals surface area (Å²) in [5.74, 6) is 2.01. The molecule has 1 amide bonds. The van der Waals surface area contributed by atoms with Gasteiger partial charge in [-0.05, 0) is 12.8 Å². The molecule has 0 spiro atoms. The minimum absolute atomic E-state index is 0.132. The molecule has 0 atom stereocenters. The van der Waals surface area contributed by atoms with E-state index in [1.165, 1.54) is 0 Å². The predicted octanol–water partition coefficient (Wildman–Crippen LogP) is 1.44. The van der Waals surface area contributed by atoms with Gasteiger partial charge in [0, 0.05) is 18.0 Å². The number of aromatic nitrogens is 2. The van der Waals surface area contributed by atoms with Crippen molar-refractivity contribution in [2.45, 2.75) is 40.5 Å². The van der Waals surface area contributed by atoms with Crippen molar-refractivity contribution in [3.8, 4) is 0 Å². The molecular formula is C14H25N5O. The van der Waals surface area contributed by atoms with Gasteiger partial charge in [0.15, 0.2) is 0 Å². The molecule has 1 aromatic heterocycles. The Morgan fingerprint density at radius 3 is 2.30 bits per heavy atom. The second-order valence-corrected chi connectivity index (χ2v) is 5.81. The molecule has 1 aromatic rings. The van der Waals surface area contributed by atoms with Crippen LogP contribution in [0.3, 0.4) is 0 Å². The van der Waals surface area contributed by atoms with Crippen LogP contribution in [0.25, 0.3) is 0 Å². The third kappa shape index (κ3) is 4.08. The SMILES string of the molecule is Cc1c(N)nc(C(C)C)nc1N(CC(N)=O)CC(C)C. The van der Waals surface area contributed by atoms with Crippen molar-refractivity contribution in [1.29, 1.82) is 0 Å². The number of hydrogen-bond donors (Lipinski definition) is 2. The molecule has 0 bridgehead atoms. The molecule has 112 valence electrons. The third-order valence-electron chi connectivity index (χ3n) is 2.92. The maximum Gasteiger partial charge on any atom is 0.236 e. The molecule has 0 aliphatic carbocycles. The van der Waals surface area contributed by atoms with Crippen LogP contribution in [0.15, 0.2) is 0 Å². The van der Waals surface area contributed by atoms with Gasteiger partial charge in [-0.2, -0.15) is 0 Å². The fourth-order valence-electron chi connectivity index (χ4n) is 1.96. The zero-order chi connectivity index (χ0) is 15.4. The number of hydrogen-bond acceptors (Lipinski definition) is 5. The second kappa shape index (κ2) is 6.54. The van der Waals surface area contributed by atoms with Crippen LogP contribution in [-0.2, 0) is 4.79 Å². The summed E-state index contributed by atoms with van der Waals surface area (Å²) < 4.78 is 0. The number of nitrogens with two attached hydrogens (primary N) is 2. The van der Waals surface area contributed by atoms with E-state index < -0.39 is 0 Å². The summed E-state index contributed by atoms with van der Waals surface area (Å²) in [6, 6.07) is 0. The van der Waals surface area contributed by atoms with Crippen LogP contribution in [0.2, 0.25) is 0 Å². The van der Waals surface area contributed by atoms with Gasteiger partial charge >= 0.3 is 0 Å². The molecule has 0 radical (unpaired) electrons. The quantitative estimate of drug-likeness (QED) is 0.821. The van der Waals surface area contributed by atoms with Gasteiger partial charge in [0.25, 0.3) is 0 Å². The average molecular weight is 279 g/mol. The van der Waals surface area contributed by atoms with Crippen molar-refractivity contribution in [3.63, 3.8) is 0 Å². The highest BCUT2D eigenvalue weighted by atomic mass is 16.1. The lowest BCUT2D eigenvalue weighted by molar-refractivity contribution is -0.116. The minimum Gasteiger partial charge on any atom is -0.383 e. The number of nitrogen functional groups attached to an aromatic ring is 1.